The van der Waals surface area contributed by atoms with Gasteiger partial charge in [0, 0.05) is 32.3 Å². The van der Waals surface area contributed by atoms with Gasteiger partial charge < -0.3 is 15.0 Å². The molecule has 17 heavy (non-hydrogen) atoms. The average Bonchev–Trinajstić information content (AvgIpc) is 2.35. The van der Waals surface area contributed by atoms with Gasteiger partial charge in [-0.1, -0.05) is 27.7 Å². The monoisotopic (exact) mass is 242 g/mol. The van der Waals surface area contributed by atoms with Crippen LogP contribution >= 0.6 is 0 Å². The van der Waals surface area contributed by atoms with E-state index < -0.39 is 0 Å². The number of ether oxygens (including phenoxy) is 1. The van der Waals surface area contributed by atoms with E-state index in [9.17, 15) is 0 Å². The maximum Gasteiger partial charge on any atom is 0.0472 e. The maximum absolute atomic E-state index is 5.53. The van der Waals surface area contributed by atoms with E-state index >= 15 is 0 Å². The fourth-order valence-electron chi connectivity index (χ4n) is 2.54. The number of nitrogens with one attached hydrogen (secondary N) is 1. The highest BCUT2D eigenvalue weighted by Gasteiger charge is 2.33. The molecule has 1 rings (SSSR count). The molecule has 1 fully saturated rings. The summed E-state index contributed by atoms with van der Waals surface area (Å²) < 4.78 is 5.53. The van der Waals surface area contributed by atoms with Gasteiger partial charge in [-0.2, -0.15) is 0 Å². The smallest absolute Gasteiger partial charge is 0.0472 e. The summed E-state index contributed by atoms with van der Waals surface area (Å²) in [5.41, 5.74) is 0.425. The zero-order chi connectivity index (χ0) is 12.7. The van der Waals surface area contributed by atoms with Crippen LogP contribution in [0.1, 0.15) is 40.5 Å². The quantitative estimate of drug-likeness (QED) is 0.740. The van der Waals surface area contributed by atoms with Crippen molar-refractivity contribution >= 4 is 0 Å². The van der Waals surface area contributed by atoms with Crippen molar-refractivity contribution in [3.05, 3.63) is 0 Å². The van der Waals surface area contributed by atoms with Crippen molar-refractivity contribution in [1.82, 2.24) is 10.2 Å². The number of rotatable bonds is 7. The van der Waals surface area contributed by atoms with Gasteiger partial charge in [0.15, 0.2) is 0 Å². The second-order valence-electron chi connectivity index (χ2n) is 5.61. The molecular weight excluding hydrogens is 212 g/mol. The summed E-state index contributed by atoms with van der Waals surface area (Å²) in [7, 11) is 0. The SMILES string of the molecule is CCN(CC)CC1(CNC(C)C)CCOCC1. The van der Waals surface area contributed by atoms with E-state index in [4.69, 9.17) is 4.74 Å². The number of hydrogen-bond donors (Lipinski definition) is 1. The van der Waals surface area contributed by atoms with Crippen molar-refractivity contribution in [2.24, 2.45) is 5.41 Å². The zero-order valence-electron chi connectivity index (χ0n) is 12.1. The molecule has 0 spiro atoms. The second kappa shape index (κ2) is 7.34. The normalized spacial score (nSPS) is 20.1. The first-order valence-corrected chi connectivity index (χ1v) is 7.15. The fraction of sp³-hybridized carbons (Fsp3) is 1.00. The first-order chi connectivity index (χ1) is 8.12. The zero-order valence-corrected chi connectivity index (χ0v) is 12.1. The lowest BCUT2D eigenvalue weighted by Gasteiger charge is -2.41. The molecule has 1 heterocycles. The van der Waals surface area contributed by atoms with E-state index in [1.54, 1.807) is 0 Å². The Bertz CT molecular complexity index is 196. The molecule has 0 aromatic rings. The molecule has 102 valence electrons. The second-order valence-corrected chi connectivity index (χ2v) is 5.61. The summed E-state index contributed by atoms with van der Waals surface area (Å²) in [6, 6.07) is 0.575. The standard InChI is InChI=1S/C14H30N2O/c1-5-16(6-2)12-14(11-15-13(3)4)7-9-17-10-8-14/h13,15H,5-12H2,1-4H3. The maximum atomic E-state index is 5.53. The van der Waals surface area contributed by atoms with Gasteiger partial charge in [-0.3, -0.25) is 0 Å². The molecule has 0 bridgehead atoms. The van der Waals surface area contributed by atoms with Gasteiger partial charge in [0.05, 0.1) is 0 Å². The van der Waals surface area contributed by atoms with E-state index in [0.717, 1.165) is 32.8 Å². The molecular formula is C14H30N2O. The van der Waals surface area contributed by atoms with Gasteiger partial charge >= 0.3 is 0 Å². The fourth-order valence-corrected chi connectivity index (χ4v) is 2.54. The Labute approximate surface area is 107 Å². The third kappa shape index (κ3) is 4.94. The van der Waals surface area contributed by atoms with Crippen LogP contribution < -0.4 is 5.32 Å². The van der Waals surface area contributed by atoms with E-state index in [-0.39, 0.29) is 0 Å². The van der Waals surface area contributed by atoms with Crippen LogP contribution in [-0.4, -0.2) is 50.3 Å². The molecule has 0 saturated carbocycles. The Balaban J connectivity index is 2.57. The van der Waals surface area contributed by atoms with Gasteiger partial charge in [0.1, 0.15) is 0 Å². The van der Waals surface area contributed by atoms with Gasteiger partial charge in [-0.15, -0.1) is 0 Å². The lowest BCUT2D eigenvalue weighted by Crippen LogP contribution is -2.48. The predicted molar refractivity (Wildman–Crippen MR) is 73.4 cm³/mol. The minimum absolute atomic E-state index is 0.425. The molecule has 1 saturated heterocycles. The highest BCUT2D eigenvalue weighted by Crippen LogP contribution is 2.31. The van der Waals surface area contributed by atoms with E-state index in [1.807, 2.05) is 0 Å². The summed E-state index contributed by atoms with van der Waals surface area (Å²) in [4.78, 5) is 2.55. The largest absolute Gasteiger partial charge is 0.381 e. The van der Waals surface area contributed by atoms with Crippen molar-refractivity contribution in [1.29, 1.82) is 0 Å². The van der Waals surface area contributed by atoms with E-state index in [0.29, 0.717) is 11.5 Å². The predicted octanol–water partition coefficient (Wildman–Crippen LogP) is 2.12. The van der Waals surface area contributed by atoms with Crippen LogP contribution in [0.25, 0.3) is 0 Å². The van der Waals surface area contributed by atoms with Crippen molar-refractivity contribution in [3.8, 4) is 0 Å². The third-order valence-corrected chi connectivity index (χ3v) is 3.89. The Morgan fingerprint density at radius 3 is 2.24 bits per heavy atom. The highest BCUT2D eigenvalue weighted by atomic mass is 16.5. The van der Waals surface area contributed by atoms with Crippen molar-refractivity contribution < 1.29 is 4.74 Å². The highest BCUT2D eigenvalue weighted by molar-refractivity contribution is 4.87. The first-order valence-electron chi connectivity index (χ1n) is 7.15. The molecule has 0 atom stereocenters. The summed E-state index contributed by atoms with van der Waals surface area (Å²) in [5, 5.41) is 3.63. The van der Waals surface area contributed by atoms with Gasteiger partial charge in [-0.25, -0.2) is 0 Å². The van der Waals surface area contributed by atoms with Crippen LogP contribution in [0.5, 0.6) is 0 Å². The Kier molecular flexibility index (Phi) is 6.45. The van der Waals surface area contributed by atoms with Crippen LogP contribution in [0, 0.1) is 5.41 Å². The van der Waals surface area contributed by atoms with E-state index in [1.165, 1.54) is 19.4 Å². The molecule has 0 aromatic heterocycles. The summed E-state index contributed by atoms with van der Waals surface area (Å²) in [5.74, 6) is 0. The molecule has 1 aliphatic rings. The molecule has 0 radical (unpaired) electrons. The lowest BCUT2D eigenvalue weighted by atomic mass is 9.79. The van der Waals surface area contributed by atoms with Crippen molar-refractivity contribution in [2.45, 2.75) is 46.6 Å². The topological polar surface area (TPSA) is 24.5 Å². The Hall–Kier alpha value is -0.120. The molecule has 0 amide bonds. The third-order valence-electron chi connectivity index (χ3n) is 3.89. The van der Waals surface area contributed by atoms with Gasteiger partial charge in [-0.05, 0) is 31.3 Å². The molecule has 1 N–H and O–H groups in total. The van der Waals surface area contributed by atoms with Crippen molar-refractivity contribution in [3.63, 3.8) is 0 Å². The van der Waals surface area contributed by atoms with Crippen molar-refractivity contribution in [2.75, 3.05) is 39.4 Å². The minimum Gasteiger partial charge on any atom is -0.381 e. The molecule has 3 heteroatoms. The summed E-state index contributed by atoms with van der Waals surface area (Å²) >= 11 is 0. The Morgan fingerprint density at radius 1 is 1.18 bits per heavy atom. The average molecular weight is 242 g/mol. The van der Waals surface area contributed by atoms with Crippen LogP contribution in [0.15, 0.2) is 0 Å². The number of hydrogen-bond acceptors (Lipinski definition) is 3. The molecule has 0 unspecified atom stereocenters. The van der Waals surface area contributed by atoms with Crippen LogP contribution in [-0.2, 0) is 4.74 Å². The molecule has 1 aliphatic heterocycles. The summed E-state index contributed by atoms with van der Waals surface area (Å²) in [6.07, 6.45) is 2.40. The minimum atomic E-state index is 0.425. The number of nitrogens with zero attached hydrogens (tertiary/aromatic N) is 1. The molecule has 0 aliphatic carbocycles. The van der Waals surface area contributed by atoms with Gasteiger partial charge in [0.25, 0.3) is 0 Å². The van der Waals surface area contributed by atoms with Crippen LogP contribution in [0.2, 0.25) is 0 Å². The van der Waals surface area contributed by atoms with Crippen LogP contribution in [0.3, 0.4) is 0 Å². The lowest BCUT2D eigenvalue weighted by molar-refractivity contribution is -0.00374. The van der Waals surface area contributed by atoms with Gasteiger partial charge in [0.2, 0.25) is 0 Å². The Morgan fingerprint density at radius 2 is 1.76 bits per heavy atom. The first kappa shape index (κ1) is 14.9. The summed E-state index contributed by atoms with van der Waals surface area (Å²) in [6.45, 7) is 15.5. The van der Waals surface area contributed by atoms with E-state index in [2.05, 4.69) is 37.9 Å². The molecule has 0 aromatic carbocycles. The van der Waals surface area contributed by atoms with Crippen LogP contribution in [0.4, 0.5) is 0 Å². The molecule has 3 nitrogen and oxygen atoms in total.